The van der Waals surface area contributed by atoms with Crippen LogP contribution >= 0.6 is 0 Å². The third-order valence-corrected chi connectivity index (χ3v) is 4.54. The van der Waals surface area contributed by atoms with E-state index in [1.807, 2.05) is 12.3 Å². The molecule has 22 heavy (non-hydrogen) atoms. The van der Waals surface area contributed by atoms with Crippen LogP contribution in [0.3, 0.4) is 0 Å². The second-order valence-corrected chi connectivity index (χ2v) is 6.57. The van der Waals surface area contributed by atoms with Crippen LogP contribution in [0.4, 0.5) is 0 Å². The highest BCUT2D eigenvalue weighted by Crippen LogP contribution is 2.41. The van der Waals surface area contributed by atoms with E-state index < -0.39 is 0 Å². The van der Waals surface area contributed by atoms with Crippen molar-refractivity contribution in [2.45, 2.75) is 32.7 Å². The molecule has 1 heterocycles. The van der Waals surface area contributed by atoms with Gasteiger partial charge in [0, 0.05) is 18.9 Å². The summed E-state index contributed by atoms with van der Waals surface area (Å²) in [6.45, 7) is 5.53. The van der Waals surface area contributed by atoms with Crippen molar-refractivity contribution in [2.75, 3.05) is 20.6 Å². The Balaban J connectivity index is 1.99. The average Bonchev–Trinajstić information content (AvgIpc) is 3.11. The zero-order chi connectivity index (χ0) is 15.7. The van der Waals surface area contributed by atoms with Crippen molar-refractivity contribution in [3.8, 4) is 0 Å². The molecule has 1 atom stereocenters. The minimum Gasteiger partial charge on any atom is -0.309 e. The van der Waals surface area contributed by atoms with E-state index in [-0.39, 0.29) is 6.04 Å². The number of aromatic nitrogens is 2. The SMILES string of the molecule is Cc1ccc2c(c1)CC(CCN(C)C)=C2C(C)n1cccn1. The van der Waals surface area contributed by atoms with Gasteiger partial charge in [0.25, 0.3) is 0 Å². The van der Waals surface area contributed by atoms with Crippen LogP contribution in [-0.2, 0) is 6.42 Å². The van der Waals surface area contributed by atoms with Crippen LogP contribution in [0.1, 0.15) is 36.1 Å². The summed E-state index contributed by atoms with van der Waals surface area (Å²) in [5.74, 6) is 0. The van der Waals surface area contributed by atoms with Crippen molar-refractivity contribution in [1.82, 2.24) is 14.7 Å². The van der Waals surface area contributed by atoms with Gasteiger partial charge in [0.1, 0.15) is 0 Å². The minimum absolute atomic E-state index is 0.288. The van der Waals surface area contributed by atoms with E-state index in [0.717, 1.165) is 19.4 Å². The van der Waals surface area contributed by atoms with Gasteiger partial charge in [-0.15, -0.1) is 0 Å². The molecule has 0 radical (unpaired) electrons. The molecule has 2 aromatic rings. The Labute approximate surface area is 133 Å². The molecule has 0 fully saturated rings. The van der Waals surface area contributed by atoms with Crippen LogP contribution in [0.25, 0.3) is 5.57 Å². The number of benzene rings is 1. The maximum Gasteiger partial charge on any atom is 0.0745 e. The molecule has 1 aliphatic carbocycles. The lowest BCUT2D eigenvalue weighted by molar-refractivity contribution is 0.412. The number of aryl methyl sites for hydroxylation is 1. The maximum absolute atomic E-state index is 4.45. The molecule has 1 unspecified atom stereocenters. The third kappa shape index (κ3) is 2.86. The zero-order valence-electron chi connectivity index (χ0n) is 14.0. The van der Waals surface area contributed by atoms with Crippen LogP contribution in [0.5, 0.6) is 0 Å². The lowest BCUT2D eigenvalue weighted by Gasteiger charge is -2.19. The first-order valence-corrected chi connectivity index (χ1v) is 8.02. The predicted molar refractivity (Wildman–Crippen MR) is 91.9 cm³/mol. The van der Waals surface area contributed by atoms with Gasteiger partial charge in [-0.05, 0) is 63.6 Å². The van der Waals surface area contributed by atoms with Gasteiger partial charge in [-0.25, -0.2) is 0 Å². The summed E-state index contributed by atoms with van der Waals surface area (Å²) in [6.07, 6.45) is 6.14. The Morgan fingerprint density at radius 2 is 2.14 bits per heavy atom. The quantitative estimate of drug-likeness (QED) is 0.838. The van der Waals surface area contributed by atoms with Gasteiger partial charge in [0.05, 0.1) is 6.04 Å². The van der Waals surface area contributed by atoms with E-state index >= 15 is 0 Å². The first kappa shape index (κ1) is 15.0. The van der Waals surface area contributed by atoms with E-state index in [4.69, 9.17) is 0 Å². The van der Waals surface area contributed by atoms with E-state index in [0.29, 0.717) is 0 Å². The molecule has 3 rings (SSSR count). The molecule has 0 N–H and O–H groups in total. The molecule has 1 aromatic heterocycles. The molecule has 1 aromatic carbocycles. The number of allylic oxidation sites excluding steroid dienone is 1. The van der Waals surface area contributed by atoms with E-state index in [1.54, 1.807) is 5.57 Å². The molecule has 0 spiro atoms. The highest BCUT2D eigenvalue weighted by atomic mass is 15.3. The number of nitrogens with zero attached hydrogens (tertiary/aromatic N) is 3. The zero-order valence-corrected chi connectivity index (χ0v) is 14.0. The summed E-state index contributed by atoms with van der Waals surface area (Å²) in [5.41, 5.74) is 7.28. The fourth-order valence-electron chi connectivity index (χ4n) is 3.39. The number of fused-ring (bicyclic) bond motifs is 1. The van der Waals surface area contributed by atoms with Crippen molar-refractivity contribution in [2.24, 2.45) is 0 Å². The largest absolute Gasteiger partial charge is 0.309 e. The first-order chi connectivity index (χ1) is 10.6. The Morgan fingerprint density at radius 1 is 1.32 bits per heavy atom. The monoisotopic (exact) mass is 295 g/mol. The first-order valence-electron chi connectivity index (χ1n) is 8.02. The topological polar surface area (TPSA) is 21.1 Å². The smallest absolute Gasteiger partial charge is 0.0745 e. The van der Waals surface area contributed by atoms with Gasteiger partial charge in [-0.1, -0.05) is 29.3 Å². The molecular formula is C19H25N3. The third-order valence-electron chi connectivity index (χ3n) is 4.54. The second-order valence-electron chi connectivity index (χ2n) is 6.57. The van der Waals surface area contributed by atoms with E-state index in [9.17, 15) is 0 Å². The number of hydrogen-bond acceptors (Lipinski definition) is 2. The van der Waals surface area contributed by atoms with Crippen molar-refractivity contribution in [3.05, 3.63) is 58.9 Å². The lowest BCUT2D eigenvalue weighted by atomic mass is 9.97. The molecule has 0 saturated heterocycles. The summed E-state index contributed by atoms with van der Waals surface area (Å²) in [6, 6.07) is 9.15. The summed E-state index contributed by atoms with van der Waals surface area (Å²) in [7, 11) is 4.28. The second kappa shape index (κ2) is 6.09. The van der Waals surface area contributed by atoms with Crippen LogP contribution in [0.15, 0.2) is 42.2 Å². The van der Waals surface area contributed by atoms with Crippen LogP contribution in [0, 0.1) is 6.92 Å². The van der Waals surface area contributed by atoms with Crippen LogP contribution in [-0.4, -0.2) is 35.3 Å². The van der Waals surface area contributed by atoms with Crippen LogP contribution in [0.2, 0.25) is 0 Å². The van der Waals surface area contributed by atoms with E-state index in [1.165, 1.54) is 22.3 Å². The standard InChI is InChI=1S/C19H25N3/c1-14-6-7-18-17(12-14)13-16(8-11-21(3)4)19(18)15(2)22-10-5-9-20-22/h5-7,9-10,12,15H,8,11,13H2,1-4H3. The maximum atomic E-state index is 4.45. The molecule has 116 valence electrons. The predicted octanol–water partition coefficient (Wildman–Crippen LogP) is 3.71. The fraction of sp³-hybridized carbons (Fsp3) is 0.421. The molecule has 0 aliphatic heterocycles. The summed E-state index contributed by atoms with van der Waals surface area (Å²) in [5, 5.41) is 4.45. The Bertz CT molecular complexity index is 681. The summed E-state index contributed by atoms with van der Waals surface area (Å²) >= 11 is 0. The van der Waals surface area contributed by atoms with Gasteiger partial charge in [-0.2, -0.15) is 5.10 Å². The Kier molecular flexibility index (Phi) is 4.16. The van der Waals surface area contributed by atoms with Gasteiger partial charge in [0.15, 0.2) is 0 Å². The molecular weight excluding hydrogens is 270 g/mol. The Hall–Kier alpha value is -1.87. The number of rotatable bonds is 5. The van der Waals surface area contributed by atoms with E-state index in [2.05, 4.69) is 67.0 Å². The Morgan fingerprint density at radius 3 is 2.82 bits per heavy atom. The normalized spacial score (nSPS) is 15.5. The molecule has 3 nitrogen and oxygen atoms in total. The van der Waals surface area contributed by atoms with Crippen molar-refractivity contribution in [1.29, 1.82) is 0 Å². The van der Waals surface area contributed by atoms with Crippen molar-refractivity contribution in [3.63, 3.8) is 0 Å². The van der Waals surface area contributed by atoms with Gasteiger partial charge in [0.2, 0.25) is 0 Å². The average molecular weight is 295 g/mol. The summed E-state index contributed by atoms with van der Waals surface area (Å²) < 4.78 is 2.07. The molecule has 0 amide bonds. The summed E-state index contributed by atoms with van der Waals surface area (Å²) in [4.78, 5) is 2.26. The fourth-order valence-corrected chi connectivity index (χ4v) is 3.39. The van der Waals surface area contributed by atoms with Crippen LogP contribution < -0.4 is 0 Å². The van der Waals surface area contributed by atoms with Gasteiger partial charge < -0.3 is 4.90 Å². The number of hydrogen-bond donors (Lipinski definition) is 0. The highest BCUT2D eigenvalue weighted by molar-refractivity contribution is 5.78. The van der Waals surface area contributed by atoms with Crippen molar-refractivity contribution < 1.29 is 0 Å². The molecule has 0 bridgehead atoms. The molecule has 0 saturated carbocycles. The lowest BCUT2D eigenvalue weighted by Crippen LogP contribution is -2.15. The molecule has 3 heteroatoms. The highest BCUT2D eigenvalue weighted by Gasteiger charge is 2.26. The minimum atomic E-state index is 0.288. The van der Waals surface area contributed by atoms with Crippen molar-refractivity contribution >= 4 is 5.57 Å². The van der Waals surface area contributed by atoms with Gasteiger partial charge >= 0.3 is 0 Å². The van der Waals surface area contributed by atoms with Gasteiger partial charge in [-0.3, -0.25) is 4.68 Å². The molecule has 1 aliphatic rings.